The minimum Gasteiger partial charge on any atom is -0.507 e. The number of nitrogens with one attached hydrogen (secondary N) is 1. The number of benzene rings is 2. The molecule has 2 N–H and O–H groups in total. The Kier molecular flexibility index (Phi) is 4.67. The lowest BCUT2D eigenvalue weighted by atomic mass is 10.1. The molecule has 3 rings (SSSR count). The van der Waals surface area contributed by atoms with Crippen LogP contribution < -0.4 is 5.32 Å². The lowest BCUT2D eigenvalue weighted by Crippen LogP contribution is -2.20. The van der Waals surface area contributed by atoms with E-state index in [9.17, 15) is 14.7 Å². The van der Waals surface area contributed by atoms with Crippen molar-refractivity contribution in [3.8, 4) is 5.75 Å². The van der Waals surface area contributed by atoms with E-state index in [1.165, 1.54) is 17.4 Å². The van der Waals surface area contributed by atoms with Crippen molar-refractivity contribution in [2.75, 3.05) is 11.9 Å². The number of para-hydroxylation sites is 1. The molecule has 0 atom stereocenters. The van der Waals surface area contributed by atoms with Gasteiger partial charge in [0.15, 0.2) is 11.7 Å². The number of hydrogen-bond donors (Lipinski definition) is 2. The Bertz CT molecular complexity index is 965. The molecule has 0 radical (unpaired) electrons. The van der Waals surface area contributed by atoms with Crippen LogP contribution in [0.15, 0.2) is 36.4 Å². The Labute approximate surface area is 148 Å². The number of esters is 1. The summed E-state index contributed by atoms with van der Waals surface area (Å²) in [6.45, 7) is 3.20. The van der Waals surface area contributed by atoms with Crippen molar-refractivity contribution in [3.63, 3.8) is 0 Å². The van der Waals surface area contributed by atoms with E-state index in [-0.39, 0.29) is 11.3 Å². The minimum atomic E-state index is -0.753. The highest BCUT2D eigenvalue weighted by molar-refractivity contribution is 7.22. The van der Waals surface area contributed by atoms with Crippen LogP contribution >= 0.6 is 11.3 Å². The van der Waals surface area contributed by atoms with Crippen LogP contribution in [0.4, 0.5) is 5.13 Å². The van der Waals surface area contributed by atoms with Gasteiger partial charge < -0.3 is 9.84 Å². The molecule has 2 aromatic carbocycles. The van der Waals surface area contributed by atoms with E-state index in [0.717, 1.165) is 15.8 Å². The molecular formula is C18H16N2O4S. The van der Waals surface area contributed by atoms with Crippen molar-refractivity contribution >= 4 is 38.6 Å². The lowest BCUT2D eigenvalue weighted by Gasteiger charge is -2.07. The zero-order chi connectivity index (χ0) is 18.0. The summed E-state index contributed by atoms with van der Waals surface area (Å²) < 4.78 is 5.93. The molecular weight excluding hydrogens is 340 g/mol. The summed E-state index contributed by atoms with van der Waals surface area (Å²) in [7, 11) is 0. The molecule has 3 aromatic rings. The zero-order valence-electron chi connectivity index (χ0n) is 13.7. The van der Waals surface area contributed by atoms with E-state index in [0.29, 0.717) is 10.7 Å². The number of carbonyl (C=O) groups excluding carboxylic acids is 2. The highest BCUT2D eigenvalue weighted by Crippen LogP contribution is 2.26. The monoisotopic (exact) mass is 356 g/mol. The molecule has 0 unspecified atom stereocenters. The molecule has 6 nitrogen and oxygen atoms in total. The molecule has 1 aromatic heterocycles. The molecule has 0 aliphatic rings. The average molecular weight is 356 g/mol. The Balaban J connectivity index is 1.62. The first-order chi connectivity index (χ1) is 11.9. The maximum atomic E-state index is 12.0. The number of rotatable bonds is 4. The van der Waals surface area contributed by atoms with Gasteiger partial charge in [-0.2, -0.15) is 0 Å². The Morgan fingerprint density at radius 2 is 2.04 bits per heavy atom. The fraction of sp³-hybridized carbons (Fsp3) is 0.167. The SMILES string of the molecule is Cc1ccc2nc(NC(=O)COC(=O)c3cccc(C)c3O)sc2c1. The van der Waals surface area contributed by atoms with Crippen LogP contribution in [0.2, 0.25) is 0 Å². The van der Waals surface area contributed by atoms with Crippen molar-refractivity contribution in [1.29, 1.82) is 0 Å². The Hall–Kier alpha value is -2.93. The van der Waals surface area contributed by atoms with E-state index in [1.54, 1.807) is 19.1 Å². The van der Waals surface area contributed by atoms with Crippen LogP contribution in [0, 0.1) is 13.8 Å². The molecule has 0 spiro atoms. The summed E-state index contributed by atoms with van der Waals surface area (Å²) in [5.74, 6) is -1.39. The second-order valence-electron chi connectivity index (χ2n) is 5.59. The number of aromatic hydroxyl groups is 1. The number of aromatic nitrogens is 1. The largest absolute Gasteiger partial charge is 0.507 e. The Morgan fingerprint density at radius 3 is 2.84 bits per heavy atom. The molecule has 0 aliphatic heterocycles. The van der Waals surface area contributed by atoms with Gasteiger partial charge >= 0.3 is 5.97 Å². The molecule has 7 heteroatoms. The third-order valence-corrected chi connectivity index (χ3v) is 4.52. The van der Waals surface area contributed by atoms with Gasteiger partial charge in [0, 0.05) is 0 Å². The van der Waals surface area contributed by atoms with Gasteiger partial charge in [-0.25, -0.2) is 9.78 Å². The lowest BCUT2D eigenvalue weighted by molar-refractivity contribution is -0.119. The number of carbonyl (C=O) groups is 2. The van der Waals surface area contributed by atoms with Crippen LogP contribution in [0.3, 0.4) is 0 Å². The molecule has 1 amide bonds. The first-order valence-electron chi connectivity index (χ1n) is 7.57. The van der Waals surface area contributed by atoms with Crippen LogP contribution in [-0.2, 0) is 9.53 Å². The first kappa shape index (κ1) is 16.9. The quantitative estimate of drug-likeness (QED) is 0.699. The van der Waals surface area contributed by atoms with Crippen molar-refractivity contribution in [2.24, 2.45) is 0 Å². The van der Waals surface area contributed by atoms with Crippen molar-refractivity contribution < 1.29 is 19.4 Å². The van der Waals surface area contributed by atoms with E-state index in [1.807, 2.05) is 25.1 Å². The summed E-state index contributed by atoms with van der Waals surface area (Å²) in [5.41, 5.74) is 2.50. The van der Waals surface area contributed by atoms with Crippen LogP contribution in [0.25, 0.3) is 10.2 Å². The number of phenolic OH excluding ortho intramolecular Hbond substituents is 1. The maximum Gasteiger partial charge on any atom is 0.342 e. The Morgan fingerprint density at radius 1 is 1.24 bits per heavy atom. The number of hydrogen-bond acceptors (Lipinski definition) is 6. The van der Waals surface area contributed by atoms with Crippen molar-refractivity contribution in [2.45, 2.75) is 13.8 Å². The molecule has 0 saturated heterocycles. The molecule has 0 saturated carbocycles. The number of ether oxygens (including phenoxy) is 1. The predicted octanol–water partition coefficient (Wildman–Crippen LogP) is 3.41. The predicted molar refractivity (Wildman–Crippen MR) is 96.1 cm³/mol. The summed E-state index contributed by atoms with van der Waals surface area (Å²) in [5, 5.41) is 12.9. The molecule has 25 heavy (non-hydrogen) atoms. The van der Waals surface area contributed by atoms with Crippen LogP contribution in [0.1, 0.15) is 21.5 Å². The number of aryl methyl sites for hydroxylation is 2. The molecule has 0 bridgehead atoms. The van der Waals surface area contributed by atoms with E-state index in [4.69, 9.17) is 4.74 Å². The molecule has 0 fully saturated rings. The van der Waals surface area contributed by atoms with Gasteiger partial charge in [-0.3, -0.25) is 10.1 Å². The first-order valence-corrected chi connectivity index (χ1v) is 8.38. The molecule has 0 aliphatic carbocycles. The molecule has 128 valence electrons. The zero-order valence-corrected chi connectivity index (χ0v) is 14.5. The van der Waals surface area contributed by atoms with Crippen LogP contribution in [0.5, 0.6) is 5.75 Å². The standard InChI is InChI=1S/C18H16N2O4S/c1-10-6-7-13-14(8-10)25-18(19-13)20-15(21)9-24-17(23)12-5-3-4-11(2)16(12)22/h3-8,22H,9H2,1-2H3,(H,19,20,21). The van der Waals surface area contributed by atoms with E-state index >= 15 is 0 Å². The van der Waals surface area contributed by atoms with Gasteiger partial charge in [0.05, 0.1) is 10.2 Å². The van der Waals surface area contributed by atoms with Gasteiger partial charge in [0.25, 0.3) is 5.91 Å². The van der Waals surface area contributed by atoms with Gasteiger partial charge in [0.1, 0.15) is 11.3 Å². The van der Waals surface area contributed by atoms with Crippen molar-refractivity contribution in [3.05, 3.63) is 53.1 Å². The number of phenols is 1. The number of nitrogens with zero attached hydrogens (tertiary/aromatic N) is 1. The summed E-state index contributed by atoms with van der Waals surface area (Å²) in [6.07, 6.45) is 0. The smallest absolute Gasteiger partial charge is 0.342 e. The van der Waals surface area contributed by atoms with Gasteiger partial charge in [0.2, 0.25) is 0 Å². The third-order valence-electron chi connectivity index (χ3n) is 3.58. The average Bonchev–Trinajstić information content (AvgIpc) is 2.96. The highest BCUT2D eigenvalue weighted by atomic mass is 32.1. The number of fused-ring (bicyclic) bond motifs is 1. The summed E-state index contributed by atoms with van der Waals surface area (Å²) in [6, 6.07) is 10.6. The molecule has 1 heterocycles. The van der Waals surface area contributed by atoms with Gasteiger partial charge in [-0.05, 0) is 43.2 Å². The highest BCUT2D eigenvalue weighted by Gasteiger charge is 2.16. The minimum absolute atomic E-state index is 0.0308. The maximum absolute atomic E-state index is 12.0. The van der Waals surface area contributed by atoms with Crippen LogP contribution in [-0.4, -0.2) is 28.6 Å². The van der Waals surface area contributed by atoms with Crippen molar-refractivity contribution in [1.82, 2.24) is 4.98 Å². The van der Waals surface area contributed by atoms with Gasteiger partial charge in [-0.1, -0.05) is 29.5 Å². The number of thiazole rings is 1. The van der Waals surface area contributed by atoms with E-state index < -0.39 is 18.5 Å². The van der Waals surface area contributed by atoms with E-state index in [2.05, 4.69) is 10.3 Å². The second kappa shape index (κ2) is 6.90. The second-order valence-corrected chi connectivity index (χ2v) is 6.62. The summed E-state index contributed by atoms with van der Waals surface area (Å²) in [4.78, 5) is 28.2. The fourth-order valence-corrected chi connectivity index (χ4v) is 3.25. The number of anilines is 1. The summed E-state index contributed by atoms with van der Waals surface area (Å²) >= 11 is 1.35. The normalized spacial score (nSPS) is 10.6. The van der Waals surface area contributed by atoms with Gasteiger partial charge in [-0.15, -0.1) is 0 Å². The number of amides is 1. The topological polar surface area (TPSA) is 88.5 Å². The third kappa shape index (κ3) is 3.77. The fourth-order valence-electron chi connectivity index (χ4n) is 2.27.